The molecule has 0 saturated carbocycles. The van der Waals surface area contributed by atoms with Gasteiger partial charge in [-0.05, 0) is 61.1 Å². The van der Waals surface area contributed by atoms with Crippen molar-refractivity contribution in [2.75, 3.05) is 19.8 Å². The van der Waals surface area contributed by atoms with Gasteiger partial charge in [0.05, 0.1) is 13.2 Å². The lowest BCUT2D eigenvalue weighted by Crippen LogP contribution is -2.40. The third-order valence-corrected chi connectivity index (χ3v) is 5.75. The van der Waals surface area contributed by atoms with Crippen molar-refractivity contribution in [2.45, 2.75) is 64.1 Å². The van der Waals surface area contributed by atoms with Crippen LogP contribution in [0, 0.1) is 0 Å². The lowest BCUT2D eigenvalue weighted by molar-refractivity contribution is -0.153. The quantitative estimate of drug-likeness (QED) is 0.271. The van der Waals surface area contributed by atoms with Crippen LogP contribution in [0.5, 0.6) is 23.0 Å². The van der Waals surface area contributed by atoms with E-state index in [0.717, 1.165) is 30.3 Å². The number of alkyl halides is 3. The van der Waals surface area contributed by atoms with E-state index in [2.05, 4.69) is 0 Å². The summed E-state index contributed by atoms with van der Waals surface area (Å²) in [5.74, 6) is 2.15. The van der Waals surface area contributed by atoms with Crippen LogP contribution in [-0.2, 0) is 17.6 Å². The van der Waals surface area contributed by atoms with Gasteiger partial charge < -0.3 is 18.9 Å². The first kappa shape index (κ1) is 25.7. The smallest absolute Gasteiger partial charge is 0.422 e. The molecular weight excluding hydrogens is 449 g/mol. The maximum absolute atomic E-state index is 12.4. The first-order chi connectivity index (χ1) is 16.3. The zero-order valence-corrected chi connectivity index (χ0v) is 19.6. The van der Waals surface area contributed by atoms with Crippen LogP contribution in [-0.4, -0.2) is 37.9 Å². The van der Waals surface area contributed by atoms with E-state index in [9.17, 15) is 18.0 Å². The normalized spacial score (nSPS) is 17.4. The van der Waals surface area contributed by atoms with Gasteiger partial charge in [0.2, 0.25) is 0 Å². The van der Waals surface area contributed by atoms with Gasteiger partial charge in [0.25, 0.3) is 0 Å². The minimum atomic E-state index is -4.38. The fourth-order valence-electron chi connectivity index (χ4n) is 3.81. The second-order valence-electron chi connectivity index (χ2n) is 8.38. The van der Waals surface area contributed by atoms with Crippen LogP contribution in [0.2, 0.25) is 0 Å². The van der Waals surface area contributed by atoms with Gasteiger partial charge in [-0.15, -0.1) is 0 Å². The Morgan fingerprint density at radius 3 is 2.47 bits per heavy atom. The maximum atomic E-state index is 12.4. The van der Waals surface area contributed by atoms with Crippen molar-refractivity contribution < 1.29 is 36.9 Å². The molecule has 2 aromatic carbocycles. The molecule has 0 amide bonds. The molecule has 3 rings (SSSR count). The van der Waals surface area contributed by atoms with Gasteiger partial charge in [0, 0.05) is 12.5 Å². The Labute approximate surface area is 198 Å². The molecule has 0 fully saturated rings. The zero-order valence-electron chi connectivity index (χ0n) is 19.6. The topological polar surface area (TPSA) is 54.0 Å². The van der Waals surface area contributed by atoms with Crippen LogP contribution in [0.3, 0.4) is 0 Å². The predicted octanol–water partition coefficient (Wildman–Crippen LogP) is 6.10. The number of fused-ring (bicyclic) bond motifs is 1. The number of benzene rings is 2. The summed E-state index contributed by atoms with van der Waals surface area (Å²) < 4.78 is 59.7. The number of aryl methyl sites for hydroxylation is 2. The van der Waals surface area contributed by atoms with Gasteiger partial charge in [-0.3, -0.25) is 4.79 Å². The molecule has 0 bridgehead atoms. The van der Waals surface area contributed by atoms with Gasteiger partial charge in [0.1, 0.15) is 23.0 Å². The van der Waals surface area contributed by atoms with E-state index >= 15 is 0 Å². The summed E-state index contributed by atoms with van der Waals surface area (Å²) in [5.41, 5.74) is 1.11. The van der Waals surface area contributed by atoms with E-state index in [1.54, 1.807) is 12.1 Å². The minimum absolute atomic E-state index is 0.174. The molecule has 1 atom stereocenters. The van der Waals surface area contributed by atoms with Crippen molar-refractivity contribution in [2.24, 2.45) is 0 Å². The van der Waals surface area contributed by atoms with Gasteiger partial charge in [-0.1, -0.05) is 26.3 Å². The van der Waals surface area contributed by atoms with Crippen LogP contribution in [0.15, 0.2) is 36.4 Å². The van der Waals surface area contributed by atoms with Crippen molar-refractivity contribution >= 4 is 6.29 Å². The molecule has 1 aliphatic heterocycles. The third kappa shape index (κ3) is 7.05. The Morgan fingerprint density at radius 2 is 1.76 bits per heavy atom. The largest absolute Gasteiger partial charge is 0.493 e. The van der Waals surface area contributed by atoms with E-state index in [-0.39, 0.29) is 5.75 Å². The fraction of sp³-hybridized carbons (Fsp3) is 0.500. The standard InChI is InChI=1S/C26H31F3O5/c1-3-6-20-15-21(33-18-26(27,28)29)9-10-23(20)32-14-5-13-31-22-8-7-19-11-12-25(4-2,17-30)34-24(19)16-22/h7-10,15-17H,3-6,11-14,18H2,1-2H3. The maximum Gasteiger partial charge on any atom is 0.422 e. The molecule has 0 radical (unpaired) electrons. The Kier molecular flexibility index (Phi) is 8.69. The fourth-order valence-corrected chi connectivity index (χ4v) is 3.81. The monoisotopic (exact) mass is 480 g/mol. The Balaban J connectivity index is 1.50. The Bertz CT molecular complexity index is 960. The van der Waals surface area contributed by atoms with Crippen molar-refractivity contribution in [1.29, 1.82) is 0 Å². The molecule has 0 aliphatic carbocycles. The first-order valence-corrected chi connectivity index (χ1v) is 11.6. The number of rotatable bonds is 12. The number of hydrogen-bond donors (Lipinski definition) is 0. The SMILES string of the molecule is CCCc1cc(OCC(F)(F)F)ccc1OCCCOc1ccc2c(c1)OC(C=O)(CC)CC2. The molecule has 0 spiro atoms. The molecule has 1 heterocycles. The average Bonchev–Trinajstić information content (AvgIpc) is 2.82. The van der Waals surface area contributed by atoms with Gasteiger partial charge in [-0.25, -0.2) is 0 Å². The van der Waals surface area contributed by atoms with Crippen molar-refractivity contribution in [3.8, 4) is 23.0 Å². The number of ether oxygens (including phenoxy) is 4. The number of carbonyl (C=O) groups is 1. The molecule has 0 aromatic heterocycles. The number of aldehydes is 1. The highest BCUT2D eigenvalue weighted by atomic mass is 19.4. The van der Waals surface area contributed by atoms with Gasteiger partial charge >= 0.3 is 6.18 Å². The average molecular weight is 481 g/mol. The van der Waals surface area contributed by atoms with Crippen LogP contribution in [0.25, 0.3) is 0 Å². The lowest BCUT2D eigenvalue weighted by atomic mass is 9.90. The van der Waals surface area contributed by atoms with Crippen molar-refractivity contribution in [3.63, 3.8) is 0 Å². The summed E-state index contributed by atoms with van der Waals surface area (Å²) in [4.78, 5) is 11.5. The molecule has 0 N–H and O–H groups in total. The third-order valence-electron chi connectivity index (χ3n) is 5.75. The van der Waals surface area contributed by atoms with E-state index in [4.69, 9.17) is 18.9 Å². The highest BCUT2D eigenvalue weighted by molar-refractivity contribution is 5.64. The highest BCUT2D eigenvalue weighted by Gasteiger charge is 2.34. The van der Waals surface area contributed by atoms with E-state index in [1.165, 1.54) is 6.07 Å². The summed E-state index contributed by atoms with van der Waals surface area (Å²) in [7, 11) is 0. The number of hydrogen-bond acceptors (Lipinski definition) is 5. The molecular formula is C26H31F3O5. The highest BCUT2D eigenvalue weighted by Crippen LogP contribution is 2.36. The lowest BCUT2D eigenvalue weighted by Gasteiger charge is -2.33. The first-order valence-electron chi connectivity index (χ1n) is 11.6. The molecule has 1 unspecified atom stereocenters. The van der Waals surface area contributed by atoms with Gasteiger partial charge in [-0.2, -0.15) is 13.2 Å². The summed E-state index contributed by atoms with van der Waals surface area (Å²) in [6.45, 7) is 3.42. The molecule has 0 saturated heterocycles. The second-order valence-corrected chi connectivity index (χ2v) is 8.38. The Hall–Kier alpha value is -2.90. The van der Waals surface area contributed by atoms with Crippen molar-refractivity contribution in [1.82, 2.24) is 0 Å². The molecule has 5 nitrogen and oxygen atoms in total. The zero-order chi connectivity index (χ0) is 24.6. The summed E-state index contributed by atoms with van der Waals surface area (Å²) in [6.07, 6.45) is 0.705. The van der Waals surface area contributed by atoms with Gasteiger partial charge in [0.15, 0.2) is 18.5 Å². The van der Waals surface area contributed by atoms with E-state index < -0.39 is 18.4 Å². The van der Waals surface area contributed by atoms with E-state index in [0.29, 0.717) is 56.1 Å². The number of carbonyl (C=O) groups excluding carboxylic acids is 1. The number of halogens is 3. The van der Waals surface area contributed by atoms with Crippen LogP contribution >= 0.6 is 0 Å². The van der Waals surface area contributed by atoms with Crippen LogP contribution < -0.4 is 18.9 Å². The minimum Gasteiger partial charge on any atom is -0.493 e. The molecule has 2 aromatic rings. The molecule has 186 valence electrons. The second kappa shape index (κ2) is 11.5. The summed E-state index contributed by atoms with van der Waals surface area (Å²) in [5, 5.41) is 0. The molecule has 1 aliphatic rings. The van der Waals surface area contributed by atoms with Crippen molar-refractivity contribution in [3.05, 3.63) is 47.5 Å². The van der Waals surface area contributed by atoms with Crippen LogP contribution in [0.1, 0.15) is 50.7 Å². The summed E-state index contributed by atoms with van der Waals surface area (Å²) >= 11 is 0. The summed E-state index contributed by atoms with van der Waals surface area (Å²) in [6, 6.07) is 10.4. The predicted molar refractivity (Wildman–Crippen MR) is 122 cm³/mol. The Morgan fingerprint density at radius 1 is 1.03 bits per heavy atom. The molecule has 34 heavy (non-hydrogen) atoms. The molecule has 8 heteroatoms. The van der Waals surface area contributed by atoms with E-state index in [1.807, 2.05) is 32.0 Å². The van der Waals surface area contributed by atoms with Crippen LogP contribution in [0.4, 0.5) is 13.2 Å².